The Balaban J connectivity index is 2.15. The lowest BCUT2D eigenvalue weighted by molar-refractivity contribution is 0.704. The maximum absolute atomic E-state index is 5.20. The first-order valence-corrected chi connectivity index (χ1v) is 5.38. The van der Waals surface area contributed by atoms with Crippen LogP contribution in [0, 0.1) is 12.3 Å². The highest BCUT2D eigenvalue weighted by molar-refractivity contribution is 5.81. The Kier molecular flexibility index (Phi) is 3.53. The molecule has 0 radical (unpaired) electrons. The molecule has 0 aliphatic rings. The highest BCUT2D eigenvalue weighted by Gasteiger charge is 2.00. The Morgan fingerprint density at radius 1 is 1.25 bits per heavy atom. The largest absolute Gasteiger partial charge is 0.312 e. The van der Waals surface area contributed by atoms with Crippen LogP contribution in [0.25, 0.3) is 10.9 Å². The minimum Gasteiger partial charge on any atom is -0.312 e. The van der Waals surface area contributed by atoms with Gasteiger partial charge < -0.3 is 5.32 Å². The van der Waals surface area contributed by atoms with Crippen molar-refractivity contribution in [2.45, 2.75) is 13.0 Å². The van der Waals surface area contributed by atoms with Crippen molar-refractivity contribution in [3.8, 4) is 12.3 Å². The molecule has 1 aromatic carbocycles. The normalized spacial score (nSPS) is 10.2. The van der Waals surface area contributed by atoms with E-state index in [1.165, 1.54) is 10.9 Å². The molecule has 0 spiro atoms. The predicted molar refractivity (Wildman–Crippen MR) is 66.9 cm³/mol. The van der Waals surface area contributed by atoms with Gasteiger partial charge in [-0.1, -0.05) is 24.3 Å². The maximum Gasteiger partial charge on any atom is 0.0746 e. The van der Waals surface area contributed by atoms with Gasteiger partial charge in [-0.3, -0.25) is 4.98 Å². The highest BCUT2D eigenvalue weighted by Crippen LogP contribution is 2.15. The van der Waals surface area contributed by atoms with Crippen LogP contribution in [0.2, 0.25) is 0 Å². The number of aromatic nitrogens is 1. The molecule has 0 saturated heterocycles. The molecule has 1 aromatic heterocycles. The van der Waals surface area contributed by atoms with E-state index in [1.807, 2.05) is 12.3 Å². The summed E-state index contributed by atoms with van der Waals surface area (Å²) in [5, 5.41) is 4.49. The summed E-state index contributed by atoms with van der Waals surface area (Å²) in [5.74, 6) is 2.61. The predicted octanol–water partition coefficient (Wildman–Crippen LogP) is 2.35. The van der Waals surface area contributed by atoms with Crippen molar-refractivity contribution in [3.05, 3.63) is 42.1 Å². The van der Waals surface area contributed by atoms with E-state index in [2.05, 4.69) is 40.5 Å². The van der Waals surface area contributed by atoms with Gasteiger partial charge in [0, 0.05) is 31.1 Å². The summed E-state index contributed by atoms with van der Waals surface area (Å²) in [4.78, 5) is 4.40. The molecule has 80 valence electrons. The summed E-state index contributed by atoms with van der Waals surface area (Å²) in [5.41, 5.74) is 2.29. The van der Waals surface area contributed by atoms with Crippen molar-refractivity contribution < 1.29 is 0 Å². The number of nitrogens with one attached hydrogen (secondary N) is 1. The Morgan fingerprint density at radius 2 is 2.12 bits per heavy atom. The minimum absolute atomic E-state index is 0.762. The zero-order valence-corrected chi connectivity index (χ0v) is 9.11. The monoisotopic (exact) mass is 210 g/mol. The number of terminal acetylenes is 1. The third kappa shape index (κ3) is 2.39. The van der Waals surface area contributed by atoms with Crippen molar-refractivity contribution in [1.29, 1.82) is 0 Å². The average Bonchev–Trinajstić information content (AvgIpc) is 2.35. The van der Waals surface area contributed by atoms with Gasteiger partial charge in [0.1, 0.15) is 0 Å². The summed E-state index contributed by atoms with van der Waals surface area (Å²) in [6.07, 6.45) is 7.78. The van der Waals surface area contributed by atoms with E-state index in [-0.39, 0.29) is 0 Å². The lowest BCUT2D eigenvalue weighted by Crippen LogP contribution is -2.14. The molecule has 0 unspecified atom stereocenters. The van der Waals surface area contributed by atoms with Crippen LogP contribution in [0.1, 0.15) is 12.0 Å². The van der Waals surface area contributed by atoms with E-state index < -0.39 is 0 Å². The van der Waals surface area contributed by atoms with Crippen LogP contribution >= 0.6 is 0 Å². The van der Waals surface area contributed by atoms with Crippen LogP contribution in [-0.2, 0) is 6.54 Å². The molecule has 2 aromatic rings. The smallest absolute Gasteiger partial charge is 0.0746 e. The van der Waals surface area contributed by atoms with Gasteiger partial charge in [-0.2, -0.15) is 0 Å². The Morgan fingerprint density at radius 3 is 3.00 bits per heavy atom. The van der Waals surface area contributed by atoms with Crippen molar-refractivity contribution in [3.63, 3.8) is 0 Å². The number of hydrogen-bond acceptors (Lipinski definition) is 2. The fourth-order valence-electron chi connectivity index (χ4n) is 1.69. The minimum atomic E-state index is 0.762. The number of hydrogen-bond donors (Lipinski definition) is 1. The molecule has 1 heterocycles. The van der Waals surface area contributed by atoms with Gasteiger partial charge in [0.25, 0.3) is 0 Å². The molecule has 16 heavy (non-hydrogen) atoms. The second-order valence-corrected chi connectivity index (χ2v) is 3.62. The third-order valence-electron chi connectivity index (χ3n) is 2.48. The number of fused-ring (bicyclic) bond motifs is 1. The van der Waals surface area contributed by atoms with E-state index in [0.717, 1.165) is 25.0 Å². The summed E-state index contributed by atoms with van der Waals surface area (Å²) in [6, 6.07) is 10.3. The van der Waals surface area contributed by atoms with Crippen LogP contribution in [0.5, 0.6) is 0 Å². The van der Waals surface area contributed by atoms with Crippen LogP contribution in [0.15, 0.2) is 36.5 Å². The average molecular weight is 210 g/mol. The van der Waals surface area contributed by atoms with Crippen LogP contribution in [0.3, 0.4) is 0 Å². The SMILES string of the molecule is C#CCCNCc1cccc2cccnc12. The molecule has 0 aliphatic carbocycles. The molecule has 0 aliphatic heterocycles. The van der Waals surface area contributed by atoms with Gasteiger partial charge in [-0.05, 0) is 11.6 Å². The van der Waals surface area contributed by atoms with Crippen LogP contribution in [-0.4, -0.2) is 11.5 Å². The lowest BCUT2D eigenvalue weighted by atomic mass is 10.1. The fourth-order valence-corrected chi connectivity index (χ4v) is 1.69. The van der Waals surface area contributed by atoms with E-state index in [9.17, 15) is 0 Å². The van der Waals surface area contributed by atoms with Gasteiger partial charge in [-0.15, -0.1) is 12.3 Å². The van der Waals surface area contributed by atoms with Crippen molar-refractivity contribution in [1.82, 2.24) is 10.3 Å². The molecule has 0 atom stereocenters. The Bertz CT molecular complexity index is 506. The number of benzene rings is 1. The van der Waals surface area contributed by atoms with Crippen LogP contribution < -0.4 is 5.32 Å². The number of nitrogens with zero attached hydrogens (tertiary/aromatic N) is 1. The molecule has 2 rings (SSSR count). The number of para-hydroxylation sites is 1. The zero-order valence-electron chi connectivity index (χ0n) is 9.11. The summed E-state index contributed by atoms with van der Waals surface area (Å²) in [7, 11) is 0. The van der Waals surface area contributed by atoms with Crippen molar-refractivity contribution in [2.75, 3.05) is 6.54 Å². The van der Waals surface area contributed by atoms with E-state index in [0.29, 0.717) is 0 Å². The Labute approximate surface area is 95.7 Å². The maximum atomic E-state index is 5.20. The summed E-state index contributed by atoms with van der Waals surface area (Å²) in [6.45, 7) is 1.66. The molecular formula is C14H14N2. The van der Waals surface area contributed by atoms with Gasteiger partial charge in [-0.25, -0.2) is 0 Å². The molecule has 0 fully saturated rings. The van der Waals surface area contributed by atoms with E-state index >= 15 is 0 Å². The zero-order chi connectivity index (χ0) is 11.2. The molecule has 2 nitrogen and oxygen atoms in total. The van der Waals surface area contributed by atoms with E-state index in [4.69, 9.17) is 6.42 Å². The van der Waals surface area contributed by atoms with Crippen molar-refractivity contribution >= 4 is 10.9 Å². The second-order valence-electron chi connectivity index (χ2n) is 3.62. The quantitative estimate of drug-likeness (QED) is 0.619. The topological polar surface area (TPSA) is 24.9 Å². The molecule has 0 saturated carbocycles. The number of pyridine rings is 1. The Hall–Kier alpha value is -1.85. The third-order valence-corrected chi connectivity index (χ3v) is 2.48. The van der Waals surface area contributed by atoms with Gasteiger partial charge in [0.2, 0.25) is 0 Å². The second kappa shape index (κ2) is 5.29. The molecule has 0 amide bonds. The van der Waals surface area contributed by atoms with Gasteiger partial charge >= 0.3 is 0 Å². The lowest BCUT2D eigenvalue weighted by Gasteiger charge is -2.06. The summed E-state index contributed by atoms with van der Waals surface area (Å²) >= 11 is 0. The van der Waals surface area contributed by atoms with Crippen molar-refractivity contribution in [2.24, 2.45) is 0 Å². The van der Waals surface area contributed by atoms with Gasteiger partial charge in [0.15, 0.2) is 0 Å². The summed E-state index contributed by atoms with van der Waals surface area (Å²) < 4.78 is 0. The molecule has 2 heteroatoms. The van der Waals surface area contributed by atoms with Crippen LogP contribution in [0.4, 0.5) is 0 Å². The first-order chi connectivity index (χ1) is 7.92. The first kappa shape index (κ1) is 10.7. The highest BCUT2D eigenvalue weighted by atomic mass is 14.8. The fraction of sp³-hybridized carbons (Fsp3) is 0.214. The molecule has 1 N–H and O–H groups in total. The number of rotatable bonds is 4. The van der Waals surface area contributed by atoms with Gasteiger partial charge in [0.05, 0.1) is 5.52 Å². The molecular weight excluding hydrogens is 196 g/mol. The van der Waals surface area contributed by atoms with E-state index in [1.54, 1.807) is 0 Å². The first-order valence-electron chi connectivity index (χ1n) is 5.38. The standard InChI is InChI=1S/C14H14N2/c1-2-3-9-15-11-13-7-4-6-12-8-5-10-16-14(12)13/h1,4-8,10,15H,3,9,11H2. The molecule has 0 bridgehead atoms.